The summed E-state index contributed by atoms with van der Waals surface area (Å²) >= 11 is 0. The van der Waals surface area contributed by atoms with Crippen molar-refractivity contribution in [1.29, 1.82) is 0 Å². The van der Waals surface area contributed by atoms with E-state index in [2.05, 4.69) is 10.6 Å². The Morgan fingerprint density at radius 1 is 1.10 bits per heavy atom. The molecule has 1 rings (SSSR count). The van der Waals surface area contributed by atoms with E-state index in [-0.39, 0.29) is 23.5 Å². The van der Waals surface area contributed by atoms with Gasteiger partial charge in [0.15, 0.2) is 5.78 Å². The van der Waals surface area contributed by atoms with Gasteiger partial charge >= 0.3 is 0 Å². The van der Waals surface area contributed by atoms with Crippen LogP contribution in [0.1, 0.15) is 38.1 Å². The Bertz CT molecular complexity index is 524. The maximum Gasteiger partial charge on any atom is 0.247 e. The molecule has 5 heteroatoms. The van der Waals surface area contributed by atoms with Crippen LogP contribution in [0.25, 0.3) is 0 Å². The van der Waals surface area contributed by atoms with E-state index >= 15 is 0 Å². The first-order valence-electron chi connectivity index (χ1n) is 6.50. The van der Waals surface area contributed by atoms with Gasteiger partial charge in [-0.3, -0.25) is 14.4 Å². The summed E-state index contributed by atoms with van der Waals surface area (Å²) in [6.07, 6.45) is 0. The third-order valence-corrected chi connectivity index (χ3v) is 2.84. The lowest BCUT2D eigenvalue weighted by Crippen LogP contribution is -2.46. The first kappa shape index (κ1) is 15.9. The van der Waals surface area contributed by atoms with Crippen molar-refractivity contribution in [3.05, 3.63) is 29.8 Å². The Kier molecular flexibility index (Phi) is 5.43. The normalized spacial score (nSPS) is 11.8. The topological polar surface area (TPSA) is 75.3 Å². The van der Waals surface area contributed by atoms with E-state index in [4.69, 9.17) is 0 Å². The zero-order valence-electron chi connectivity index (χ0n) is 12.2. The smallest absolute Gasteiger partial charge is 0.247 e. The van der Waals surface area contributed by atoms with Gasteiger partial charge in [-0.05, 0) is 25.0 Å². The van der Waals surface area contributed by atoms with Crippen LogP contribution in [0.2, 0.25) is 0 Å². The van der Waals surface area contributed by atoms with Crippen LogP contribution < -0.4 is 10.6 Å². The van der Waals surface area contributed by atoms with Gasteiger partial charge in [-0.25, -0.2) is 0 Å². The molecule has 108 valence electrons. The minimum Gasteiger partial charge on any atom is -0.344 e. The Balaban J connectivity index is 2.85. The minimum absolute atomic E-state index is 0.0325. The van der Waals surface area contributed by atoms with Crippen molar-refractivity contribution in [3.63, 3.8) is 0 Å². The maximum atomic E-state index is 12.2. The molecule has 0 aliphatic carbocycles. The predicted molar refractivity (Wildman–Crippen MR) is 77.5 cm³/mol. The molecule has 1 aromatic rings. The average Bonchev–Trinajstić information content (AvgIpc) is 2.35. The number of carbonyl (C=O) groups is 3. The zero-order valence-corrected chi connectivity index (χ0v) is 12.2. The van der Waals surface area contributed by atoms with Gasteiger partial charge in [-0.2, -0.15) is 0 Å². The number of Topliss-reactive ketones (excluding diaryl/α,β-unsaturated/α-hetero) is 1. The molecule has 20 heavy (non-hydrogen) atoms. The van der Waals surface area contributed by atoms with Crippen molar-refractivity contribution in [2.75, 3.05) is 5.32 Å². The second-order valence-corrected chi connectivity index (χ2v) is 5.05. The molecule has 2 N–H and O–H groups in total. The number of amides is 2. The van der Waals surface area contributed by atoms with Crippen molar-refractivity contribution in [2.45, 2.75) is 33.7 Å². The molecule has 0 unspecified atom stereocenters. The quantitative estimate of drug-likeness (QED) is 0.807. The SMILES string of the molecule is CC(=O)N[C@@H](C(=O)Nc1cccc(C(C)=O)c1)C(C)C. The van der Waals surface area contributed by atoms with Crippen molar-refractivity contribution in [3.8, 4) is 0 Å². The van der Waals surface area contributed by atoms with Crippen LogP contribution >= 0.6 is 0 Å². The number of carbonyl (C=O) groups excluding carboxylic acids is 3. The molecular weight excluding hydrogens is 256 g/mol. The van der Waals surface area contributed by atoms with Gasteiger partial charge in [0.25, 0.3) is 0 Å². The van der Waals surface area contributed by atoms with Crippen LogP contribution in [-0.2, 0) is 9.59 Å². The molecule has 5 nitrogen and oxygen atoms in total. The molecule has 0 aromatic heterocycles. The highest BCUT2D eigenvalue weighted by molar-refractivity contribution is 5.99. The molecule has 0 spiro atoms. The van der Waals surface area contributed by atoms with Crippen molar-refractivity contribution < 1.29 is 14.4 Å². The molecule has 2 amide bonds. The third-order valence-electron chi connectivity index (χ3n) is 2.84. The van der Waals surface area contributed by atoms with E-state index in [9.17, 15) is 14.4 Å². The summed E-state index contributed by atoms with van der Waals surface area (Å²) in [7, 11) is 0. The molecule has 0 fully saturated rings. The Hall–Kier alpha value is -2.17. The van der Waals surface area contributed by atoms with E-state index in [0.29, 0.717) is 11.3 Å². The minimum atomic E-state index is -0.603. The molecular formula is C15H20N2O3. The number of anilines is 1. The highest BCUT2D eigenvalue weighted by Gasteiger charge is 2.23. The monoisotopic (exact) mass is 276 g/mol. The van der Waals surface area contributed by atoms with Crippen molar-refractivity contribution in [1.82, 2.24) is 5.32 Å². The van der Waals surface area contributed by atoms with Crippen LogP contribution in [-0.4, -0.2) is 23.6 Å². The predicted octanol–water partition coefficient (Wildman–Crippen LogP) is 1.99. The highest BCUT2D eigenvalue weighted by Crippen LogP contribution is 2.13. The number of ketones is 1. The lowest BCUT2D eigenvalue weighted by atomic mass is 10.0. The highest BCUT2D eigenvalue weighted by atomic mass is 16.2. The number of nitrogens with one attached hydrogen (secondary N) is 2. The summed E-state index contributed by atoms with van der Waals surface area (Å²) in [5.41, 5.74) is 1.07. The van der Waals surface area contributed by atoms with Gasteiger partial charge in [-0.1, -0.05) is 26.0 Å². The van der Waals surface area contributed by atoms with E-state index in [0.717, 1.165) is 0 Å². The van der Waals surface area contributed by atoms with Gasteiger partial charge in [-0.15, -0.1) is 0 Å². The maximum absolute atomic E-state index is 12.2. The van der Waals surface area contributed by atoms with Gasteiger partial charge in [0, 0.05) is 18.2 Å². The van der Waals surface area contributed by atoms with Crippen LogP contribution in [0.4, 0.5) is 5.69 Å². The Morgan fingerprint density at radius 2 is 1.75 bits per heavy atom. The van der Waals surface area contributed by atoms with Crippen LogP contribution in [0.3, 0.4) is 0 Å². The largest absolute Gasteiger partial charge is 0.344 e. The second kappa shape index (κ2) is 6.84. The summed E-state index contributed by atoms with van der Waals surface area (Å²) in [4.78, 5) is 34.6. The molecule has 0 aliphatic rings. The van der Waals surface area contributed by atoms with Crippen LogP contribution in [0, 0.1) is 5.92 Å². The van der Waals surface area contributed by atoms with Gasteiger partial charge in [0.05, 0.1) is 0 Å². The fourth-order valence-electron chi connectivity index (χ4n) is 1.79. The summed E-state index contributed by atoms with van der Waals surface area (Å²) in [6, 6.07) is 6.11. The first-order valence-corrected chi connectivity index (χ1v) is 6.50. The van der Waals surface area contributed by atoms with Gasteiger partial charge in [0.2, 0.25) is 11.8 Å². The fourth-order valence-corrected chi connectivity index (χ4v) is 1.79. The molecule has 1 aromatic carbocycles. The van der Waals surface area contributed by atoms with Crippen molar-refractivity contribution in [2.24, 2.45) is 5.92 Å². The summed E-state index contributed by atoms with van der Waals surface area (Å²) in [5.74, 6) is -0.648. The third kappa shape index (κ3) is 4.50. The number of rotatable bonds is 5. The first-order chi connectivity index (χ1) is 9.31. The number of benzene rings is 1. The Labute approximate surface area is 118 Å². The number of hydrogen-bond donors (Lipinski definition) is 2. The zero-order chi connectivity index (χ0) is 15.3. The molecule has 0 radical (unpaired) electrons. The molecule has 0 saturated heterocycles. The molecule has 1 atom stereocenters. The lowest BCUT2D eigenvalue weighted by Gasteiger charge is -2.21. The van der Waals surface area contributed by atoms with Crippen LogP contribution in [0.15, 0.2) is 24.3 Å². The summed E-state index contributed by atoms with van der Waals surface area (Å²) in [5, 5.41) is 5.34. The van der Waals surface area contributed by atoms with E-state index in [1.807, 2.05) is 13.8 Å². The van der Waals surface area contributed by atoms with Gasteiger partial charge < -0.3 is 10.6 Å². The van der Waals surface area contributed by atoms with E-state index in [1.165, 1.54) is 13.8 Å². The Morgan fingerprint density at radius 3 is 2.25 bits per heavy atom. The molecule has 0 saturated carbocycles. The van der Waals surface area contributed by atoms with Crippen molar-refractivity contribution >= 4 is 23.3 Å². The molecule has 0 heterocycles. The fraction of sp³-hybridized carbons (Fsp3) is 0.400. The second-order valence-electron chi connectivity index (χ2n) is 5.05. The van der Waals surface area contributed by atoms with Gasteiger partial charge in [0.1, 0.15) is 6.04 Å². The van der Waals surface area contributed by atoms with E-state index in [1.54, 1.807) is 24.3 Å². The molecule has 0 aliphatic heterocycles. The summed E-state index contributed by atoms with van der Waals surface area (Å²) < 4.78 is 0. The lowest BCUT2D eigenvalue weighted by molar-refractivity contribution is -0.126. The van der Waals surface area contributed by atoms with E-state index < -0.39 is 6.04 Å². The van der Waals surface area contributed by atoms with Crippen LogP contribution in [0.5, 0.6) is 0 Å². The average molecular weight is 276 g/mol. The summed E-state index contributed by atoms with van der Waals surface area (Å²) in [6.45, 7) is 6.55. The standard InChI is InChI=1S/C15H20N2O3/c1-9(2)14(16-11(4)19)15(20)17-13-7-5-6-12(8-13)10(3)18/h5-9,14H,1-4H3,(H,16,19)(H,17,20)/t14-/m1/s1. The molecule has 0 bridgehead atoms. The number of hydrogen-bond acceptors (Lipinski definition) is 3.